The molecular formula is C46H28. The third-order valence-electron chi connectivity index (χ3n) is 10.0. The highest BCUT2D eigenvalue weighted by atomic mass is 14.3. The highest BCUT2D eigenvalue weighted by molar-refractivity contribution is 6.22. The van der Waals surface area contributed by atoms with Gasteiger partial charge in [0.1, 0.15) is 0 Å². The van der Waals surface area contributed by atoms with Gasteiger partial charge in [-0.1, -0.05) is 170 Å². The van der Waals surface area contributed by atoms with Gasteiger partial charge in [-0.3, -0.25) is 0 Å². The Hall–Kier alpha value is -5.98. The average molecular weight is 581 g/mol. The molecule has 0 fully saturated rings. The normalized spacial score (nSPS) is 11.9. The molecule has 9 aromatic carbocycles. The van der Waals surface area contributed by atoms with Crippen molar-refractivity contribution in [2.24, 2.45) is 0 Å². The highest BCUT2D eigenvalue weighted by Crippen LogP contribution is 2.53. The summed E-state index contributed by atoms with van der Waals surface area (Å²) < 4.78 is 0. The van der Waals surface area contributed by atoms with Crippen LogP contribution in [0.25, 0.3) is 98.7 Å². The second kappa shape index (κ2) is 9.76. The fraction of sp³-hybridized carbons (Fsp3) is 0. The first-order valence-electron chi connectivity index (χ1n) is 16.0. The summed E-state index contributed by atoms with van der Waals surface area (Å²) in [6, 6.07) is 62.8. The van der Waals surface area contributed by atoms with Gasteiger partial charge in [0.15, 0.2) is 0 Å². The molecule has 0 spiro atoms. The fourth-order valence-electron chi connectivity index (χ4n) is 8.04. The largest absolute Gasteiger partial charge is 0.0616 e. The predicted octanol–water partition coefficient (Wildman–Crippen LogP) is 12.9. The van der Waals surface area contributed by atoms with Gasteiger partial charge in [-0.05, 0) is 98.7 Å². The van der Waals surface area contributed by atoms with Gasteiger partial charge in [-0.25, -0.2) is 0 Å². The summed E-state index contributed by atoms with van der Waals surface area (Å²) in [6.45, 7) is 0. The van der Waals surface area contributed by atoms with E-state index in [2.05, 4.69) is 170 Å². The second-order valence-corrected chi connectivity index (χ2v) is 12.4. The van der Waals surface area contributed by atoms with Crippen molar-refractivity contribution in [2.75, 3.05) is 0 Å². The first-order chi connectivity index (χ1) is 22.8. The van der Waals surface area contributed by atoms with Crippen molar-refractivity contribution in [3.05, 3.63) is 170 Å². The van der Waals surface area contributed by atoms with Gasteiger partial charge in [0.05, 0.1) is 0 Å². The van der Waals surface area contributed by atoms with Crippen LogP contribution in [0.4, 0.5) is 0 Å². The molecule has 0 nitrogen and oxygen atoms in total. The van der Waals surface area contributed by atoms with E-state index in [1.165, 1.54) is 98.7 Å². The van der Waals surface area contributed by atoms with Gasteiger partial charge in [0.25, 0.3) is 0 Å². The van der Waals surface area contributed by atoms with E-state index >= 15 is 0 Å². The van der Waals surface area contributed by atoms with Crippen molar-refractivity contribution < 1.29 is 0 Å². The maximum absolute atomic E-state index is 2.36. The lowest BCUT2D eigenvalue weighted by molar-refractivity contribution is 1.60. The zero-order valence-corrected chi connectivity index (χ0v) is 25.2. The quantitative estimate of drug-likeness (QED) is 0.182. The molecule has 212 valence electrons. The van der Waals surface area contributed by atoms with E-state index in [4.69, 9.17) is 0 Å². The van der Waals surface area contributed by atoms with Crippen molar-refractivity contribution in [3.8, 4) is 55.6 Å². The van der Waals surface area contributed by atoms with Crippen LogP contribution in [0, 0.1) is 0 Å². The minimum Gasteiger partial charge on any atom is -0.0616 e. The second-order valence-electron chi connectivity index (χ2n) is 12.4. The molecule has 0 amide bonds. The van der Waals surface area contributed by atoms with Crippen LogP contribution in [0.1, 0.15) is 0 Å². The van der Waals surface area contributed by atoms with Crippen molar-refractivity contribution in [2.45, 2.75) is 0 Å². The lowest BCUT2D eigenvalue weighted by Gasteiger charge is -2.20. The number of fused-ring (bicyclic) bond motifs is 7. The third kappa shape index (κ3) is 3.56. The maximum atomic E-state index is 2.36. The molecule has 1 aliphatic carbocycles. The zero-order chi connectivity index (χ0) is 30.2. The smallest absolute Gasteiger partial charge is 0.00139 e. The topological polar surface area (TPSA) is 0 Å². The molecular weight excluding hydrogens is 553 g/mol. The van der Waals surface area contributed by atoms with E-state index in [1.807, 2.05) is 0 Å². The van der Waals surface area contributed by atoms with Crippen LogP contribution < -0.4 is 0 Å². The summed E-state index contributed by atoms with van der Waals surface area (Å²) in [4.78, 5) is 0. The summed E-state index contributed by atoms with van der Waals surface area (Å²) >= 11 is 0. The molecule has 0 atom stereocenters. The van der Waals surface area contributed by atoms with Gasteiger partial charge in [-0.2, -0.15) is 0 Å². The summed E-state index contributed by atoms with van der Waals surface area (Å²) in [5.74, 6) is 0. The Morgan fingerprint density at radius 2 is 0.696 bits per heavy atom. The van der Waals surface area contributed by atoms with E-state index < -0.39 is 0 Å². The lowest BCUT2D eigenvalue weighted by Crippen LogP contribution is -1.93. The van der Waals surface area contributed by atoms with E-state index in [-0.39, 0.29) is 0 Å². The Balaban J connectivity index is 1.31. The van der Waals surface area contributed by atoms with Crippen LogP contribution in [0.2, 0.25) is 0 Å². The van der Waals surface area contributed by atoms with Gasteiger partial charge < -0.3 is 0 Å². The van der Waals surface area contributed by atoms with Crippen molar-refractivity contribution >= 4 is 43.1 Å². The Bertz CT molecular complexity index is 2690. The van der Waals surface area contributed by atoms with Crippen molar-refractivity contribution in [3.63, 3.8) is 0 Å². The van der Waals surface area contributed by atoms with Gasteiger partial charge in [0, 0.05) is 0 Å². The van der Waals surface area contributed by atoms with E-state index in [9.17, 15) is 0 Å². The predicted molar refractivity (Wildman–Crippen MR) is 197 cm³/mol. The van der Waals surface area contributed by atoms with E-state index in [0.717, 1.165) is 0 Å². The van der Waals surface area contributed by atoms with E-state index in [0.29, 0.717) is 0 Å². The van der Waals surface area contributed by atoms with Crippen molar-refractivity contribution in [1.29, 1.82) is 0 Å². The van der Waals surface area contributed by atoms with Crippen LogP contribution >= 0.6 is 0 Å². The molecule has 1 aliphatic rings. The number of hydrogen-bond donors (Lipinski definition) is 0. The molecule has 0 N–H and O–H groups in total. The molecule has 0 unspecified atom stereocenters. The minimum atomic E-state index is 1.25. The summed E-state index contributed by atoms with van der Waals surface area (Å²) in [7, 11) is 0. The van der Waals surface area contributed by atoms with Crippen LogP contribution in [0.15, 0.2) is 170 Å². The molecule has 10 rings (SSSR count). The summed E-state index contributed by atoms with van der Waals surface area (Å²) in [6.07, 6.45) is 0. The van der Waals surface area contributed by atoms with Crippen molar-refractivity contribution in [1.82, 2.24) is 0 Å². The molecule has 0 heteroatoms. The van der Waals surface area contributed by atoms with Gasteiger partial charge in [-0.15, -0.1) is 0 Å². The third-order valence-corrected chi connectivity index (χ3v) is 10.0. The first kappa shape index (κ1) is 25.4. The van der Waals surface area contributed by atoms with Crippen LogP contribution in [-0.4, -0.2) is 0 Å². The van der Waals surface area contributed by atoms with Gasteiger partial charge in [0.2, 0.25) is 0 Å². The monoisotopic (exact) mass is 580 g/mol. The fourth-order valence-corrected chi connectivity index (χ4v) is 8.04. The van der Waals surface area contributed by atoms with Crippen LogP contribution in [0.5, 0.6) is 0 Å². The molecule has 46 heavy (non-hydrogen) atoms. The lowest BCUT2D eigenvalue weighted by atomic mass is 9.83. The Morgan fingerprint density at radius 1 is 0.196 bits per heavy atom. The van der Waals surface area contributed by atoms with E-state index in [1.54, 1.807) is 0 Å². The molecule has 0 aromatic heterocycles. The average Bonchev–Trinajstić information content (AvgIpc) is 3.47. The maximum Gasteiger partial charge on any atom is -0.00139 e. The summed E-state index contributed by atoms with van der Waals surface area (Å²) in [5.41, 5.74) is 12.9. The Kier molecular flexibility index (Phi) is 5.38. The van der Waals surface area contributed by atoms with Crippen LogP contribution in [0.3, 0.4) is 0 Å². The SMILES string of the molecule is c1ccc(-c2cccc3c2ccc2ccccc23)c(-c2ccc3ccccc3c2-c2ccc3cccc4c3c2-c2ccccc2-4)c1. The number of rotatable bonds is 3. The molecule has 0 aliphatic heterocycles. The summed E-state index contributed by atoms with van der Waals surface area (Å²) in [5, 5.41) is 10.3. The molecule has 0 bridgehead atoms. The molecule has 0 heterocycles. The molecule has 0 saturated carbocycles. The molecule has 0 radical (unpaired) electrons. The zero-order valence-electron chi connectivity index (χ0n) is 25.2. The first-order valence-corrected chi connectivity index (χ1v) is 16.0. The minimum absolute atomic E-state index is 1.25. The van der Waals surface area contributed by atoms with Crippen LogP contribution in [-0.2, 0) is 0 Å². The number of benzene rings is 9. The number of hydrogen-bond acceptors (Lipinski definition) is 0. The Labute approximate surface area is 267 Å². The molecule has 9 aromatic rings. The van der Waals surface area contributed by atoms with Gasteiger partial charge >= 0.3 is 0 Å². The standard InChI is InChI=1S/C46H28/c1-3-14-32-29(11-1)23-26-39-34(32)20-10-21-36(39)35-16-5-6-17-37(35)42-27-24-30-12-2-4-15-33(30)45(42)43-28-25-31-13-9-22-40-38-18-7-8-19-41(38)46(43)44(31)40/h1-28H. The Morgan fingerprint density at radius 3 is 1.52 bits per heavy atom. The molecule has 0 saturated heterocycles. The highest BCUT2D eigenvalue weighted by Gasteiger charge is 2.26.